The Morgan fingerprint density at radius 2 is 1.76 bits per heavy atom. The van der Waals surface area contributed by atoms with Crippen LogP contribution in [0.25, 0.3) is 10.1 Å². The van der Waals surface area contributed by atoms with Crippen LogP contribution >= 0.6 is 22.9 Å². The lowest BCUT2D eigenvalue weighted by atomic mass is 10.0. The predicted molar refractivity (Wildman–Crippen MR) is 94.7 cm³/mol. The lowest BCUT2D eigenvalue weighted by Crippen LogP contribution is -2.02. The minimum absolute atomic E-state index is 0.506. The molecule has 0 radical (unpaired) electrons. The first kappa shape index (κ1) is 14.4. The third kappa shape index (κ3) is 2.92. The molecule has 0 spiro atoms. The molecule has 0 atom stereocenters. The van der Waals surface area contributed by atoms with E-state index in [2.05, 4.69) is 61.6 Å². The topological polar surface area (TPSA) is 12.0 Å². The van der Waals surface area contributed by atoms with E-state index in [-0.39, 0.29) is 0 Å². The van der Waals surface area contributed by atoms with E-state index in [4.69, 9.17) is 11.6 Å². The number of fused-ring (bicyclic) bond motifs is 1. The molecular weight excluding hydrogens is 298 g/mol. The number of hydrogen-bond acceptors (Lipinski definition) is 2. The molecule has 0 fully saturated rings. The average Bonchev–Trinajstić information content (AvgIpc) is 2.82. The van der Waals surface area contributed by atoms with Crippen molar-refractivity contribution < 1.29 is 0 Å². The van der Waals surface area contributed by atoms with E-state index in [1.165, 1.54) is 20.8 Å². The van der Waals surface area contributed by atoms with Crippen molar-refractivity contribution in [1.29, 1.82) is 0 Å². The van der Waals surface area contributed by atoms with Crippen LogP contribution in [0, 0.1) is 0 Å². The Bertz CT molecular complexity index is 761. The van der Waals surface area contributed by atoms with Crippen LogP contribution in [-0.4, -0.2) is 0 Å². The molecule has 0 unspecified atom stereocenters. The highest BCUT2D eigenvalue weighted by molar-refractivity contribution is 7.19. The molecule has 1 aromatic heterocycles. The van der Waals surface area contributed by atoms with E-state index in [1.54, 1.807) is 11.3 Å². The van der Waals surface area contributed by atoms with Gasteiger partial charge >= 0.3 is 0 Å². The van der Waals surface area contributed by atoms with Crippen molar-refractivity contribution in [3.8, 4) is 0 Å². The second kappa shape index (κ2) is 6.08. The maximum absolute atomic E-state index is 6.50. The minimum atomic E-state index is 0.506. The largest absolute Gasteiger partial charge is 0.380 e. The van der Waals surface area contributed by atoms with Gasteiger partial charge in [-0.25, -0.2) is 0 Å². The number of halogens is 1. The molecule has 3 rings (SSSR count). The maximum Gasteiger partial charge on any atom is 0.0642 e. The van der Waals surface area contributed by atoms with Crippen molar-refractivity contribution in [2.24, 2.45) is 0 Å². The van der Waals surface area contributed by atoms with Crippen LogP contribution in [0.2, 0.25) is 5.02 Å². The quantitative estimate of drug-likeness (QED) is 0.596. The van der Waals surface area contributed by atoms with Gasteiger partial charge in [-0.05, 0) is 23.6 Å². The molecule has 0 aliphatic rings. The van der Waals surface area contributed by atoms with Crippen molar-refractivity contribution in [3.63, 3.8) is 0 Å². The summed E-state index contributed by atoms with van der Waals surface area (Å²) < 4.78 is 1.25. The molecule has 3 aromatic rings. The van der Waals surface area contributed by atoms with Gasteiger partial charge in [0.2, 0.25) is 0 Å². The Morgan fingerprint density at radius 3 is 2.52 bits per heavy atom. The normalized spacial score (nSPS) is 11.2. The molecule has 0 aliphatic carbocycles. The molecule has 3 heteroatoms. The van der Waals surface area contributed by atoms with Gasteiger partial charge in [0, 0.05) is 20.7 Å². The second-order valence-electron chi connectivity index (χ2n) is 5.43. The Balaban J connectivity index is 1.85. The van der Waals surface area contributed by atoms with Gasteiger partial charge in [-0.2, -0.15) is 0 Å². The Morgan fingerprint density at radius 1 is 1.05 bits per heavy atom. The zero-order valence-electron chi connectivity index (χ0n) is 12.2. The fourth-order valence-corrected chi connectivity index (χ4v) is 3.95. The van der Waals surface area contributed by atoms with Gasteiger partial charge in [-0.1, -0.05) is 61.8 Å². The van der Waals surface area contributed by atoms with Gasteiger partial charge in [0.25, 0.3) is 0 Å². The summed E-state index contributed by atoms with van der Waals surface area (Å²) in [6.45, 7) is 5.20. The van der Waals surface area contributed by atoms with E-state index >= 15 is 0 Å². The predicted octanol–water partition coefficient (Wildman–Crippen LogP) is 6.29. The fraction of sp³-hybridized carbons (Fsp3) is 0.222. The molecule has 1 heterocycles. The van der Waals surface area contributed by atoms with E-state index in [1.807, 2.05) is 6.07 Å². The van der Waals surface area contributed by atoms with Gasteiger partial charge in [-0.3, -0.25) is 0 Å². The standard InChI is InChI=1S/C18H18ClNS/c1-12(2)13-7-3-5-9-15(13)20-11-17-18(19)14-8-4-6-10-16(14)21-17/h3-10,12,20H,11H2,1-2H3. The number of hydrogen-bond donors (Lipinski definition) is 1. The number of nitrogens with one attached hydrogen (secondary N) is 1. The molecule has 0 saturated heterocycles. The highest BCUT2D eigenvalue weighted by Gasteiger charge is 2.11. The summed E-state index contributed by atoms with van der Waals surface area (Å²) in [5.41, 5.74) is 2.54. The molecule has 1 nitrogen and oxygen atoms in total. The molecule has 0 amide bonds. The van der Waals surface area contributed by atoms with Crippen LogP contribution in [0.4, 0.5) is 5.69 Å². The number of benzene rings is 2. The lowest BCUT2D eigenvalue weighted by molar-refractivity contribution is 0.866. The Hall–Kier alpha value is -1.51. The number of thiophene rings is 1. The molecular formula is C18H18ClNS. The van der Waals surface area contributed by atoms with Crippen LogP contribution in [0.5, 0.6) is 0 Å². The van der Waals surface area contributed by atoms with Crippen LogP contribution < -0.4 is 5.32 Å². The van der Waals surface area contributed by atoms with E-state index in [0.29, 0.717) is 5.92 Å². The summed E-state index contributed by atoms with van der Waals surface area (Å²) in [7, 11) is 0. The smallest absolute Gasteiger partial charge is 0.0642 e. The van der Waals surface area contributed by atoms with Crippen LogP contribution in [0.15, 0.2) is 48.5 Å². The van der Waals surface area contributed by atoms with Gasteiger partial charge < -0.3 is 5.32 Å². The number of rotatable bonds is 4. The maximum atomic E-state index is 6.50. The highest BCUT2D eigenvalue weighted by Crippen LogP contribution is 2.36. The van der Waals surface area contributed by atoms with Gasteiger partial charge in [-0.15, -0.1) is 11.3 Å². The summed E-state index contributed by atoms with van der Waals surface area (Å²) in [6, 6.07) is 16.8. The SMILES string of the molecule is CC(C)c1ccccc1NCc1sc2ccccc2c1Cl. The lowest BCUT2D eigenvalue weighted by Gasteiger charge is -2.14. The molecule has 0 saturated carbocycles. The molecule has 108 valence electrons. The zero-order chi connectivity index (χ0) is 14.8. The number of anilines is 1. The zero-order valence-corrected chi connectivity index (χ0v) is 13.8. The third-order valence-electron chi connectivity index (χ3n) is 3.62. The fourth-order valence-electron chi connectivity index (χ4n) is 2.52. The molecule has 0 bridgehead atoms. The van der Waals surface area contributed by atoms with Gasteiger partial charge in [0.15, 0.2) is 0 Å². The van der Waals surface area contributed by atoms with Crippen LogP contribution in [0.1, 0.15) is 30.2 Å². The van der Waals surface area contributed by atoms with Crippen molar-refractivity contribution in [2.75, 3.05) is 5.32 Å². The summed E-state index contributed by atoms with van der Waals surface area (Å²) in [4.78, 5) is 1.19. The first-order chi connectivity index (χ1) is 10.2. The van der Waals surface area contributed by atoms with Crippen LogP contribution in [0.3, 0.4) is 0 Å². The molecule has 0 aliphatic heterocycles. The highest BCUT2D eigenvalue weighted by atomic mass is 35.5. The van der Waals surface area contributed by atoms with Crippen molar-refractivity contribution >= 4 is 38.7 Å². The van der Waals surface area contributed by atoms with E-state index in [0.717, 1.165) is 17.0 Å². The van der Waals surface area contributed by atoms with Crippen molar-refractivity contribution in [1.82, 2.24) is 0 Å². The first-order valence-corrected chi connectivity index (χ1v) is 8.35. The van der Waals surface area contributed by atoms with E-state index in [9.17, 15) is 0 Å². The van der Waals surface area contributed by atoms with Crippen LogP contribution in [-0.2, 0) is 6.54 Å². The van der Waals surface area contributed by atoms with Gasteiger partial charge in [0.05, 0.1) is 11.6 Å². The van der Waals surface area contributed by atoms with Crippen molar-refractivity contribution in [3.05, 3.63) is 64.0 Å². The minimum Gasteiger partial charge on any atom is -0.380 e. The second-order valence-corrected chi connectivity index (χ2v) is 6.95. The Kier molecular flexibility index (Phi) is 4.18. The van der Waals surface area contributed by atoms with E-state index < -0.39 is 0 Å². The monoisotopic (exact) mass is 315 g/mol. The average molecular weight is 316 g/mol. The van der Waals surface area contributed by atoms with Gasteiger partial charge in [0.1, 0.15) is 0 Å². The summed E-state index contributed by atoms with van der Waals surface area (Å²) >= 11 is 8.26. The first-order valence-electron chi connectivity index (χ1n) is 7.15. The molecule has 1 N–H and O–H groups in total. The third-order valence-corrected chi connectivity index (χ3v) is 5.34. The summed E-state index contributed by atoms with van der Waals surface area (Å²) in [6.07, 6.45) is 0. The summed E-state index contributed by atoms with van der Waals surface area (Å²) in [5.74, 6) is 0.506. The molecule has 2 aromatic carbocycles. The van der Waals surface area contributed by atoms with Crippen molar-refractivity contribution in [2.45, 2.75) is 26.3 Å². The Labute approximate surface area is 134 Å². The summed E-state index contributed by atoms with van der Waals surface area (Å²) in [5, 5.41) is 5.57. The molecule has 21 heavy (non-hydrogen) atoms. The number of para-hydroxylation sites is 1.